The number of carbonyl (C=O) groups excluding carboxylic acids is 2. The summed E-state index contributed by atoms with van der Waals surface area (Å²) < 4.78 is 37.9. The third-order valence-corrected chi connectivity index (χ3v) is 4.54. The Balaban J connectivity index is 1.85. The van der Waals surface area contributed by atoms with E-state index in [9.17, 15) is 22.8 Å². The summed E-state index contributed by atoms with van der Waals surface area (Å²) in [7, 11) is 0. The van der Waals surface area contributed by atoms with Gasteiger partial charge >= 0.3 is 6.18 Å². The molecule has 1 aromatic carbocycles. The van der Waals surface area contributed by atoms with Crippen molar-refractivity contribution in [1.29, 1.82) is 0 Å². The third kappa shape index (κ3) is 4.13. The Morgan fingerprint density at radius 3 is 2.29 bits per heavy atom. The molecule has 4 nitrogen and oxygen atoms in total. The van der Waals surface area contributed by atoms with Gasteiger partial charge in [0.1, 0.15) is 0 Å². The summed E-state index contributed by atoms with van der Waals surface area (Å²) in [6.07, 6.45) is 2.26. The summed E-state index contributed by atoms with van der Waals surface area (Å²) in [5.41, 5.74) is 0.914. The molecule has 0 saturated carbocycles. The average Bonchev–Trinajstić information content (AvgIpc) is 2.59. The van der Waals surface area contributed by atoms with E-state index in [1.54, 1.807) is 18.2 Å². The molecule has 1 N–H and O–H groups in total. The number of benzene rings is 1. The van der Waals surface area contributed by atoms with E-state index in [-0.39, 0.29) is 22.8 Å². The maximum absolute atomic E-state index is 12.6. The van der Waals surface area contributed by atoms with Gasteiger partial charge in [-0.25, -0.2) is 4.99 Å². The van der Waals surface area contributed by atoms with Crippen molar-refractivity contribution in [3.63, 3.8) is 0 Å². The minimum absolute atomic E-state index is 0.0531. The highest BCUT2D eigenvalue weighted by atomic mass is 19.4. The zero-order chi connectivity index (χ0) is 20.7. The highest BCUT2D eigenvalue weighted by molar-refractivity contribution is 6.14. The predicted molar refractivity (Wildman–Crippen MR) is 99.6 cm³/mol. The fourth-order valence-corrected chi connectivity index (χ4v) is 3.13. The first-order valence-electron chi connectivity index (χ1n) is 8.68. The summed E-state index contributed by atoms with van der Waals surface area (Å²) in [5, 5.41) is 2.76. The predicted octanol–water partition coefficient (Wildman–Crippen LogP) is 4.46. The van der Waals surface area contributed by atoms with Gasteiger partial charge in [0.25, 0.3) is 5.91 Å². The Bertz CT molecular complexity index is 943. The monoisotopic (exact) mass is 388 g/mol. The van der Waals surface area contributed by atoms with Crippen LogP contribution >= 0.6 is 0 Å². The molecule has 0 saturated heterocycles. The van der Waals surface area contributed by atoms with Crippen LogP contribution in [-0.4, -0.2) is 17.5 Å². The molecule has 0 aromatic heterocycles. The van der Waals surface area contributed by atoms with Gasteiger partial charge in [-0.15, -0.1) is 0 Å². The summed E-state index contributed by atoms with van der Waals surface area (Å²) in [6.45, 7) is 6.04. The van der Waals surface area contributed by atoms with Crippen LogP contribution < -0.4 is 5.32 Å². The van der Waals surface area contributed by atoms with Crippen molar-refractivity contribution in [1.82, 2.24) is 5.32 Å². The van der Waals surface area contributed by atoms with Crippen molar-refractivity contribution >= 4 is 17.5 Å². The number of nitrogens with one attached hydrogen (secondary N) is 1. The summed E-state index contributed by atoms with van der Waals surface area (Å²) in [4.78, 5) is 28.2. The average molecular weight is 388 g/mol. The topological polar surface area (TPSA) is 58.5 Å². The summed E-state index contributed by atoms with van der Waals surface area (Å²) >= 11 is 0. The molecule has 1 unspecified atom stereocenters. The van der Waals surface area contributed by atoms with E-state index in [4.69, 9.17) is 0 Å². The number of rotatable bonds is 1. The Kier molecular flexibility index (Phi) is 4.87. The zero-order valence-corrected chi connectivity index (χ0v) is 15.6. The molecular weight excluding hydrogens is 369 g/mol. The van der Waals surface area contributed by atoms with Crippen LogP contribution in [0.5, 0.6) is 0 Å². The first-order chi connectivity index (χ1) is 12.9. The van der Waals surface area contributed by atoms with E-state index in [2.05, 4.69) is 10.3 Å². The molecule has 0 bridgehead atoms. The van der Waals surface area contributed by atoms with E-state index in [1.165, 1.54) is 0 Å². The first-order valence-corrected chi connectivity index (χ1v) is 8.68. The highest BCUT2D eigenvalue weighted by Gasteiger charge is 2.33. The van der Waals surface area contributed by atoms with E-state index in [0.717, 1.165) is 29.8 Å². The molecule has 1 heterocycles. The van der Waals surface area contributed by atoms with Crippen LogP contribution in [0.3, 0.4) is 0 Å². The van der Waals surface area contributed by atoms with Gasteiger partial charge in [-0.2, -0.15) is 13.2 Å². The van der Waals surface area contributed by atoms with Crippen molar-refractivity contribution in [3.8, 4) is 0 Å². The lowest BCUT2D eigenvalue weighted by Gasteiger charge is -2.34. The molecule has 3 rings (SSSR count). The second-order valence-electron chi connectivity index (χ2n) is 7.69. The molecule has 28 heavy (non-hydrogen) atoms. The molecule has 2 aliphatic rings. The molecule has 1 aliphatic carbocycles. The number of allylic oxidation sites excluding steroid dienone is 3. The Morgan fingerprint density at radius 1 is 1.07 bits per heavy atom. The standard InChI is InChI=1S/C21H19F3N2O2/c1-20(2,3)16-11-18(27)26-17-10-14(8-9-15(16)17)25-19(28)12-4-6-13(7-5-12)21(22,23)24/h4-11,15H,1-3H3,(H,26,27). The molecule has 7 heteroatoms. The van der Waals surface area contributed by atoms with Gasteiger partial charge in [-0.1, -0.05) is 26.8 Å². The second kappa shape index (κ2) is 6.89. The Morgan fingerprint density at radius 2 is 1.71 bits per heavy atom. The number of nitrogens with zero attached hydrogens (tertiary/aromatic N) is 1. The van der Waals surface area contributed by atoms with Gasteiger partial charge in [0, 0.05) is 23.3 Å². The SMILES string of the molecule is CC(C)(C)C1=CC(=O)NC2=CC(=NC(=O)c3ccc(C(F)(F)F)cc3)C=CC21. The molecule has 0 fully saturated rings. The summed E-state index contributed by atoms with van der Waals surface area (Å²) in [6, 6.07) is 3.89. The molecule has 2 amide bonds. The van der Waals surface area contributed by atoms with Crippen LogP contribution in [0.4, 0.5) is 13.2 Å². The minimum atomic E-state index is -4.46. The number of aliphatic imine (C=N–C) groups is 1. The quantitative estimate of drug-likeness (QED) is 0.772. The molecular formula is C21H19F3N2O2. The van der Waals surface area contributed by atoms with Crippen LogP contribution in [0.15, 0.2) is 64.8 Å². The molecule has 0 spiro atoms. The maximum Gasteiger partial charge on any atom is 0.416 e. The van der Waals surface area contributed by atoms with E-state index < -0.39 is 17.6 Å². The fraction of sp³-hybridized carbons (Fsp3) is 0.286. The van der Waals surface area contributed by atoms with Gasteiger partial charge < -0.3 is 5.32 Å². The number of alkyl halides is 3. The first kappa shape index (κ1) is 19.8. The molecule has 1 aromatic rings. The number of amides is 2. The van der Waals surface area contributed by atoms with Crippen LogP contribution in [-0.2, 0) is 11.0 Å². The van der Waals surface area contributed by atoms with E-state index >= 15 is 0 Å². The van der Waals surface area contributed by atoms with Gasteiger partial charge in [0.05, 0.1) is 11.3 Å². The molecule has 1 atom stereocenters. The van der Waals surface area contributed by atoms with Crippen molar-refractivity contribution in [3.05, 3.63) is 71.0 Å². The highest BCUT2D eigenvalue weighted by Crippen LogP contribution is 2.38. The number of fused-ring (bicyclic) bond motifs is 1. The minimum Gasteiger partial charge on any atom is -0.325 e. The lowest BCUT2D eigenvalue weighted by molar-refractivity contribution is -0.137. The largest absolute Gasteiger partial charge is 0.416 e. The number of carbonyl (C=O) groups is 2. The van der Waals surface area contributed by atoms with E-state index in [0.29, 0.717) is 11.4 Å². The van der Waals surface area contributed by atoms with Crippen molar-refractivity contribution in [2.45, 2.75) is 26.9 Å². The van der Waals surface area contributed by atoms with Gasteiger partial charge in [-0.3, -0.25) is 9.59 Å². The summed E-state index contributed by atoms with van der Waals surface area (Å²) in [5.74, 6) is -1.01. The molecule has 1 aliphatic heterocycles. The third-order valence-electron chi connectivity index (χ3n) is 4.54. The van der Waals surface area contributed by atoms with Crippen LogP contribution in [0.2, 0.25) is 0 Å². The van der Waals surface area contributed by atoms with Crippen molar-refractivity contribution < 1.29 is 22.8 Å². The molecule has 0 radical (unpaired) electrons. The fourth-order valence-electron chi connectivity index (χ4n) is 3.13. The second-order valence-corrected chi connectivity index (χ2v) is 7.69. The lowest BCUT2D eigenvalue weighted by Crippen LogP contribution is -2.36. The van der Waals surface area contributed by atoms with Crippen LogP contribution in [0.25, 0.3) is 0 Å². The van der Waals surface area contributed by atoms with Gasteiger partial charge in [0.2, 0.25) is 5.91 Å². The van der Waals surface area contributed by atoms with Gasteiger partial charge in [0.15, 0.2) is 0 Å². The van der Waals surface area contributed by atoms with Crippen LogP contribution in [0.1, 0.15) is 36.7 Å². The van der Waals surface area contributed by atoms with Crippen molar-refractivity contribution in [2.24, 2.45) is 16.3 Å². The smallest absolute Gasteiger partial charge is 0.325 e. The number of hydrogen-bond acceptors (Lipinski definition) is 2. The maximum atomic E-state index is 12.6. The Hall–Kier alpha value is -2.96. The normalized spacial score (nSPS) is 21.0. The van der Waals surface area contributed by atoms with Gasteiger partial charge in [-0.05, 0) is 47.4 Å². The lowest BCUT2D eigenvalue weighted by atomic mass is 9.74. The van der Waals surface area contributed by atoms with Crippen molar-refractivity contribution in [2.75, 3.05) is 0 Å². The number of halogens is 3. The molecule has 146 valence electrons. The zero-order valence-electron chi connectivity index (χ0n) is 15.6. The van der Waals surface area contributed by atoms with Crippen LogP contribution in [0, 0.1) is 11.3 Å². The Labute approximate surface area is 160 Å². The van der Waals surface area contributed by atoms with E-state index in [1.807, 2.05) is 26.8 Å². The number of hydrogen-bond donors (Lipinski definition) is 1.